The molecule has 7 heteroatoms. The minimum absolute atomic E-state index is 0.00934. The third kappa shape index (κ3) is 3.99. The van der Waals surface area contributed by atoms with Crippen LogP contribution in [0.1, 0.15) is 59.7 Å². The van der Waals surface area contributed by atoms with E-state index in [1.54, 1.807) is 7.11 Å². The van der Waals surface area contributed by atoms with Gasteiger partial charge in [0, 0.05) is 49.6 Å². The van der Waals surface area contributed by atoms with E-state index in [1.165, 1.54) is 17.5 Å². The molecule has 0 N–H and O–H groups in total. The third-order valence-electron chi connectivity index (χ3n) is 8.65. The van der Waals surface area contributed by atoms with Gasteiger partial charge in [0.2, 0.25) is 5.82 Å². The molecule has 188 valence electrons. The lowest BCUT2D eigenvalue weighted by Crippen LogP contribution is -2.45. The topological polar surface area (TPSA) is 63.5 Å². The number of amides is 1. The van der Waals surface area contributed by atoms with Crippen LogP contribution in [0.25, 0.3) is 0 Å². The summed E-state index contributed by atoms with van der Waals surface area (Å²) in [6, 6.07) is 19.5. The monoisotopic (exact) mass is 485 g/mol. The lowest BCUT2D eigenvalue weighted by atomic mass is 9.71. The van der Waals surface area contributed by atoms with E-state index in [0.717, 1.165) is 76.4 Å². The number of aryl methyl sites for hydroxylation is 1. The average Bonchev–Trinajstić information content (AvgIpc) is 3.45. The van der Waals surface area contributed by atoms with Crippen LogP contribution in [0.5, 0.6) is 5.75 Å². The maximum absolute atomic E-state index is 13.5. The summed E-state index contributed by atoms with van der Waals surface area (Å²) >= 11 is 0. The van der Waals surface area contributed by atoms with Crippen LogP contribution < -0.4 is 4.74 Å². The van der Waals surface area contributed by atoms with Crippen molar-refractivity contribution in [3.05, 3.63) is 77.4 Å². The summed E-state index contributed by atoms with van der Waals surface area (Å²) in [4.78, 5) is 18.1. The molecule has 3 aliphatic rings. The van der Waals surface area contributed by atoms with Crippen LogP contribution in [0.4, 0.5) is 0 Å². The van der Waals surface area contributed by atoms with E-state index in [-0.39, 0.29) is 17.4 Å². The Kier molecular flexibility index (Phi) is 6.25. The van der Waals surface area contributed by atoms with Gasteiger partial charge in [0.05, 0.1) is 7.11 Å². The van der Waals surface area contributed by atoms with Crippen molar-refractivity contribution in [2.75, 3.05) is 26.7 Å². The number of ether oxygens (including phenoxy) is 1. The molecule has 2 fully saturated rings. The van der Waals surface area contributed by atoms with Crippen molar-refractivity contribution < 1.29 is 9.53 Å². The highest BCUT2D eigenvalue weighted by Gasteiger charge is 2.50. The Labute approximate surface area is 213 Å². The molecule has 0 radical (unpaired) electrons. The molecular formula is C29H35N5O2. The molecule has 4 heterocycles. The zero-order valence-electron chi connectivity index (χ0n) is 21.1. The maximum atomic E-state index is 13.5. The number of likely N-dealkylation sites (tertiary alicyclic amines) is 2. The van der Waals surface area contributed by atoms with Crippen molar-refractivity contribution in [3.8, 4) is 5.75 Å². The number of benzene rings is 2. The van der Waals surface area contributed by atoms with Gasteiger partial charge in [-0.25, -0.2) is 0 Å². The van der Waals surface area contributed by atoms with E-state index in [0.29, 0.717) is 5.82 Å². The summed E-state index contributed by atoms with van der Waals surface area (Å²) in [6.45, 7) is 4.18. The Morgan fingerprint density at radius 1 is 0.972 bits per heavy atom. The van der Waals surface area contributed by atoms with Gasteiger partial charge in [-0.1, -0.05) is 48.5 Å². The fourth-order valence-corrected chi connectivity index (χ4v) is 6.71. The predicted molar refractivity (Wildman–Crippen MR) is 138 cm³/mol. The number of fused-ring (bicyclic) bond motifs is 2. The van der Waals surface area contributed by atoms with Gasteiger partial charge in [0.15, 0.2) is 0 Å². The first kappa shape index (κ1) is 23.2. The van der Waals surface area contributed by atoms with Gasteiger partial charge < -0.3 is 14.2 Å². The number of carbonyl (C=O) groups excluding carboxylic acids is 1. The van der Waals surface area contributed by atoms with Gasteiger partial charge in [0.1, 0.15) is 11.6 Å². The second kappa shape index (κ2) is 9.69. The summed E-state index contributed by atoms with van der Waals surface area (Å²) in [5.74, 6) is 2.42. The fourth-order valence-electron chi connectivity index (χ4n) is 6.71. The highest BCUT2D eigenvalue weighted by molar-refractivity contribution is 5.90. The molecule has 1 aromatic heterocycles. The van der Waals surface area contributed by atoms with Gasteiger partial charge in [-0.2, -0.15) is 0 Å². The van der Waals surface area contributed by atoms with E-state index in [4.69, 9.17) is 4.74 Å². The summed E-state index contributed by atoms with van der Waals surface area (Å²) in [6.07, 6.45) is 6.25. The molecule has 36 heavy (non-hydrogen) atoms. The quantitative estimate of drug-likeness (QED) is 0.545. The van der Waals surface area contributed by atoms with E-state index >= 15 is 0 Å². The number of nitrogens with zero attached hydrogens (tertiary/aromatic N) is 5. The van der Waals surface area contributed by atoms with E-state index in [9.17, 15) is 4.79 Å². The Bertz CT molecular complexity index is 1220. The first-order valence-corrected chi connectivity index (χ1v) is 13.3. The molecular weight excluding hydrogens is 450 g/mol. The van der Waals surface area contributed by atoms with Crippen LogP contribution in [0.3, 0.4) is 0 Å². The van der Waals surface area contributed by atoms with Crippen molar-refractivity contribution in [2.24, 2.45) is 0 Å². The minimum atomic E-state index is 0.00934. The van der Waals surface area contributed by atoms with Crippen molar-refractivity contribution in [2.45, 2.75) is 63.1 Å². The van der Waals surface area contributed by atoms with E-state index in [2.05, 4.69) is 62.1 Å². The first-order valence-electron chi connectivity index (χ1n) is 13.3. The Morgan fingerprint density at radius 3 is 2.56 bits per heavy atom. The molecule has 0 aliphatic carbocycles. The van der Waals surface area contributed by atoms with Crippen LogP contribution in [-0.4, -0.2) is 63.3 Å². The molecule has 2 atom stereocenters. The number of aromatic nitrogens is 3. The average molecular weight is 486 g/mol. The number of para-hydroxylation sites is 1. The second-order valence-electron chi connectivity index (χ2n) is 10.5. The maximum Gasteiger partial charge on any atom is 0.291 e. The van der Waals surface area contributed by atoms with Crippen LogP contribution in [0.15, 0.2) is 54.6 Å². The Morgan fingerprint density at radius 2 is 1.75 bits per heavy atom. The molecule has 7 nitrogen and oxygen atoms in total. The standard InChI is InChI=1S/C29H35N5O2/c1-36-24-13-7-6-10-22(24)20-33-19-16-29(23-11-4-2-5-12-23)15-14-26-30-31-27(34(26)21-25(29)33)28(35)32-17-8-3-9-18-32/h2,4-7,10-13,25H,3,8-9,14-21H2,1H3/t25-,29+/m0/s1. The first-order chi connectivity index (χ1) is 17.7. The van der Waals surface area contributed by atoms with Gasteiger partial charge in [-0.15, -0.1) is 10.2 Å². The summed E-state index contributed by atoms with van der Waals surface area (Å²) < 4.78 is 7.83. The molecule has 3 aliphatic heterocycles. The number of rotatable bonds is 5. The molecule has 0 bridgehead atoms. The van der Waals surface area contributed by atoms with Crippen LogP contribution in [0, 0.1) is 0 Å². The highest BCUT2D eigenvalue weighted by atomic mass is 16.5. The smallest absolute Gasteiger partial charge is 0.291 e. The molecule has 0 unspecified atom stereocenters. The van der Waals surface area contributed by atoms with Crippen LogP contribution >= 0.6 is 0 Å². The van der Waals surface area contributed by atoms with E-state index < -0.39 is 0 Å². The van der Waals surface area contributed by atoms with Gasteiger partial charge in [-0.05, 0) is 50.3 Å². The highest BCUT2D eigenvalue weighted by Crippen LogP contribution is 2.47. The molecule has 2 aromatic carbocycles. The zero-order valence-corrected chi connectivity index (χ0v) is 21.1. The summed E-state index contributed by atoms with van der Waals surface area (Å²) in [7, 11) is 1.74. The van der Waals surface area contributed by atoms with Crippen LogP contribution in [0.2, 0.25) is 0 Å². The van der Waals surface area contributed by atoms with E-state index in [1.807, 2.05) is 17.0 Å². The summed E-state index contributed by atoms with van der Waals surface area (Å²) in [5.41, 5.74) is 2.59. The number of carbonyl (C=O) groups is 1. The number of piperidine rings is 1. The van der Waals surface area contributed by atoms with Gasteiger partial charge in [-0.3, -0.25) is 9.69 Å². The number of hydrogen-bond donors (Lipinski definition) is 0. The van der Waals surface area contributed by atoms with Crippen molar-refractivity contribution in [3.63, 3.8) is 0 Å². The zero-order chi connectivity index (χ0) is 24.5. The van der Waals surface area contributed by atoms with Crippen molar-refractivity contribution in [1.29, 1.82) is 0 Å². The van der Waals surface area contributed by atoms with Gasteiger partial charge >= 0.3 is 0 Å². The Hall–Kier alpha value is -3.19. The third-order valence-corrected chi connectivity index (χ3v) is 8.65. The van der Waals surface area contributed by atoms with Gasteiger partial charge in [0.25, 0.3) is 5.91 Å². The van der Waals surface area contributed by atoms with Crippen molar-refractivity contribution >= 4 is 5.91 Å². The molecule has 6 rings (SSSR count). The summed E-state index contributed by atoms with van der Waals surface area (Å²) in [5, 5.41) is 8.99. The van der Waals surface area contributed by atoms with Crippen molar-refractivity contribution in [1.82, 2.24) is 24.6 Å². The number of hydrogen-bond acceptors (Lipinski definition) is 5. The molecule has 0 spiro atoms. The largest absolute Gasteiger partial charge is 0.496 e. The number of methoxy groups -OCH3 is 1. The van der Waals surface area contributed by atoms with Crippen LogP contribution in [-0.2, 0) is 24.9 Å². The fraction of sp³-hybridized carbons (Fsp3) is 0.483. The molecule has 2 saturated heterocycles. The lowest BCUT2D eigenvalue weighted by Gasteiger charge is -2.38. The predicted octanol–water partition coefficient (Wildman–Crippen LogP) is 4.07. The molecule has 3 aromatic rings. The molecule has 1 amide bonds. The SMILES string of the molecule is COc1ccccc1CN1CC[C@@]2(c3ccccc3)CCc3nnc(C(=O)N4CCCCC4)n3C[C@H]12. The Balaban J connectivity index is 1.37. The minimum Gasteiger partial charge on any atom is -0.496 e. The second-order valence-corrected chi connectivity index (χ2v) is 10.5. The normalized spacial score (nSPS) is 24.1. The molecule has 0 saturated carbocycles. The lowest BCUT2D eigenvalue weighted by molar-refractivity contribution is 0.0702.